The highest BCUT2D eigenvalue weighted by Crippen LogP contribution is 2.36. The fourth-order valence-electron chi connectivity index (χ4n) is 4.19. The fourth-order valence-corrected chi connectivity index (χ4v) is 4.59. The Hall–Kier alpha value is -3.12. The molecule has 1 aromatic heterocycles. The van der Waals surface area contributed by atoms with Crippen LogP contribution in [0.15, 0.2) is 75.6 Å². The Balaban J connectivity index is 1.48. The smallest absolute Gasteiger partial charge is 0.254 e. The first kappa shape index (κ1) is 19.8. The minimum Gasteiger partial charge on any atom is -0.496 e. The van der Waals surface area contributed by atoms with Crippen molar-refractivity contribution in [1.29, 1.82) is 0 Å². The largest absolute Gasteiger partial charge is 0.496 e. The van der Waals surface area contributed by atoms with Crippen LogP contribution in [-0.4, -0.2) is 29.4 Å². The van der Waals surface area contributed by atoms with E-state index in [1.54, 1.807) is 7.11 Å². The van der Waals surface area contributed by atoms with Crippen molar-refractivity contribution < 1.29 is 13.9 Å². The zero-order valence-electron chi connectivity index (χ0n) is 17.0. The van der Waals surface area contributed by atoms with Crippen molar-refractivity contribution in [1.82, 2.24) is 9.88 Å². The third-order valence-electron chi connectivity index (χ3n) is 5.69. The lowest BCUT2D eigenvalue weighted by Crippen LogP contribution is -2.30. The molecule has 2 heterocycles. The van der Waals surface area contributed by atoms with Crippen LogP contribution in [0.3, 0.4) is 0 Å². The molecule has 5 rings (SSSR count). The molecule has 156 valence electrons. The molecule has 1 saturated heterocycles. The van der Waals surface area contributed by atoms with Crippen molar-refractivity contribution >= 4 is 32.9 Å². The average Bonchev–Trinajstić information content (AvgIpc) is 3.45. The number of methoxy groups -OCH3 is 1. The molecule has 6 heteroatoms. The lowest BCUT2D eigenvalue weighted by atomic mass is 10.0. The van der Waals surface area contributed by atoms with E-state index in [-0.39, 0.29) is 11.9 Å². The van der Waals surface area contributed by atoms with Gasteiger partial charge in [0.15, 0.2) is 5.58 Å². The highest BCUT2D eigenvalue weighted by Gasteiger charge is 2.34. The summed E-state index contributed by atoms with van der Waals surface area (Å²) in [5.41, 5.74) is 4.17. The molecule has 1 aliphatic heterocycles. The molecule has 1 atom stereocenters. The number of fused-ring (bicyclic) bond motifs is 1. The van der Waals surface area contributed by atoms with Gasteiger partial charge in [0.2, 0.25) is 5.89 Å². The highest BCUT2D eigenvalue weighted by molar-refractivity contribution is 9.10. The SMILES string of the molecule is COc1ccccc1-c1ccc2oc(C3CCCN3C(=O)c3cccc(Br)c3)nc2c1. The van der Waals surface area contributed by atoms with Gasteiger partial charge in [-0.15, -0.1) is 0 Å². The molecular formula is C25H21BrN2O3. The van der Waals surface area contributed by atoms with Crippen LogP contribution in [0.4, 0.5) is 0 Å². The van der Waals surface area contributed by atoms with Gasteiger partial charge >= 0.3 is 0 Å². The number of rotatable bonds is 4. The molecule has 3 aromatic carbocycles. The van der Waals surface area contributed by atoms with E-state index in [1.807, 2.05) is 71.6 Å². The zero-order chi connectivity index (χ0) is 21.4. The van der Waals surface area contributed by atoms with Crippen molar-refractivity contribution in [3.63, 3.8) is 0 Å². The van der Waals surface area contributed by atoms with E-state index >= 15 is 0 Å². The summed E-state index contributed by atoms with van der Waals surface area (Å²) >= 11 is 3.45. The number of hydrogen-bond donors (Lipinski definition) is 0. The second kappa shape index (κ2) is 8.19. The topological polar surface area (TPSA) is 55.6 Å². The number of likely N-dealkylation sites (tertiary alicyclic amines) is 1. The predicted molar refractivity (Wildman–Crippen MR) is 123 cm³/mol. The maximum absolute atomic E-state index is 13.1. The summed E-state index contributed by atoms with van der Waals surface area (Å²) in [6.07, 6.45) is 1.77. The number of carbonyl (C=O) groups is 1. The van der Waals surface area contributed by atoms with E-state index in [4.69, 9.17) is 14.1 Å². The minimum atomic E-state index is -0.159. The number of hydrogen-bond acceptors (Lipinski definition) is 4. The van der Waals surface area contributed by atoms with Gasteiger partial charge in [-0.1, -0.05) is 46.3 Å². The average molecular weight is 477 g/mol. The van der Waals surface area contributed by atoms with E-state index in [0.717, 1.165) is 45.3 Å². The Labute approximate surface area is 188 Å². The molecule has 0 aliphatic carbocycles. The van der Waals surface area contributed by atoms with Crippen molar-refractivity contribution in [3.05, 3.63) is 82.7 Å². The van der Waals surface area contributed by atoms with Gasteiger partial charge in [-0.3, -0.25) is 4.79 Å². The summed E-state index contributed by atoms with van der Waals surface area (Å²) in [7, 11) is 1.67. The van der Waals surface area contributed by atoms with Gasteiger partial charge in [0.1, 0.15) is 17.3 Å². The van der Waals surface area contributed by atoms with E-state index in [2.05, 4.69) is 15.9 Å². The van der Waals surface area contributed by atoms with Gasteiger partial charge in [0.25, 0.3) is 5.91 Å². The minimum absolute atomic E-state index is 0.000710. The monoisotopic (exact) mass is 476 g/mol. The van der Waals surface area contributed by atoms with Gasteiger partial charge in [-0.25, -0.2) is 4.98 Å². The molecule has 1 amide bonds. The second-order valence-electron chi connectivity index (χ2n) is 7.60. The van der Waals surface area contributed by atoms with Gasteiger partial charge in [0, 0.05) is 22.1 Å². The van der Waals surface area contributed by atoms with E-state index in [9.17, 15) is 4.79 Å². The molecule has 31 heavy (non-hydrogen) atoms. The Morgan fingerprint density at radius 2 is 2.00 bits per heavy atom. The molecule has 0 saturated carbocycles. The van der Waals surface area contributed by atoms with Crippen LogP contribution >= 0.6 is 15.9 Å². The molecule has 0 bridgehead atoms. The molecule has 1 aliphatic rings. The van der Waals surface area contributed by atoms with Crippen molar-refractivity contribution in [2.45, 2.75) is 18.9 Å². The number of halogens is 1. The number of aromatic nitrogens is 1. The molecular weight excluding hydrogens is 456 g/mol. The lowest BCUT2D eigenvalue weighted by molar-refractivity contribution is 0.0717. The summed E-state index contributed by atoms with van der Waals surface area (Å²) in [5, 5.41) is 0. The van der Waals surface area contributed by atoms with E-state index < -0.39 is 0 Å². The Morgan fingerprint density at radius 3 is 2.84 bits per heavy atom. The summed E-state index contributed by atoms with van der Waals surface area (Å²) < 4.78 is 12.5. The predicted octanol–water partition coefficient (Wildman–Crippen LogP) is 6.24. The van der Waals surface area contributed by atoms with Crippen LogP contribution in [0.1, 0.15) is 35.1 Å². The molecule has 0 N–H and O–H groups in total. The van der Waals surface area contributed by atoms with Crippen LogP contribution in [0.5, 0.6) is 5.75 Å². The maximum Gasteiger partial charge on any atom is 0.254 e. The van der Waals surface area contributed by atoms with Gasteiger partial charge in [0.05, 0.1) is 7.11 Å². The van der Waals surface area contributed by atoms with Gasteiger partial charge in [-0.05, 0) is 54.8 Å². The summed E-state index contributed by atoms with van der Waals surface area (Å²) in [5.74, 6) is 1.40. The third-order valence-corrected chi connectivity index (χ3v) is 6.19. The fraction of sp³-hybridized carbons (Fsp3) is 0.200. The molecule has 1 unspecified atom stereocenters. The normalized spacial score (nSPS) is 16.1. The zero-order valence-corrected chi connectivity index (χ0v) is 18.6. The van der Waals surface area contributed by atoms with Crippen molar-refractivity contribution in [2.75, 3.05) is 13.7 Å². The van der Waals surface area contributed by atoms with Crippen molar-refractivity contribution in [2.24, 2.45) is 0 Å². The molecule has 1 fully saturated rings. The summed E-state index contributed by atoms with van der Waals surface area (Å²) in [6, 6.07) is 21.2. The third kappa shape index (κ3) is 3.72. The van der Waals surface area contributed by atoms with Crippen molar-refractivity contribution in [3.8, 4) is 16.9 Å². The van der Waals surface area contributed by atoms with Gasteiger partial charge < -0.3 is 14.1 Å². The number of nitrogens with zero attached hydrogens (tertiary/aromatic N) is 2. The second-order valence-corrected chi connectivity index (χ2v) is 8.52. The summed E-state index contributed by atoms with van der Waals surface area (Å²) in [6.45, 7) is 0.696. The number of ether oxygens (including phenoxy) is 1. The summed E-state index contributed by atoms with van der Waals surface area (Å²) in [4.78, 5) is 19.8. The first-order valence-corrected chi connectivity index (χ1v) is 11.0. The molecule has 0 spiro atoms. The van der Waals surface area contributed by atoms with Crippen LogP contribution in [0, 0.1) is 0 Å². The standard InChI is InChI=1S/C25H21BrN2O3/c1-30-22-10-3-2-8-19(22)16-11-12-23-20(15-16)27-24(31-23)21-9-5-13-28(21)25(29)17-6-4-7-18(26)14-17/h2-4,6-8,10-12,14-15,21H,5,9,13H2,1H3. The Morgan fingerprint density at radius 1 is 1.13 bits per heavy atom. The maximum atomic E-state index is 13.1. The first-order chi connectivity index (χ1) is 15.1. The number of carbonyl (C=O) groups excluding carboxylic acids is 1. The Kier molecular flexibility index (Phi) is 5.24. The molecule has 0 radical (unpaired) electrons. The number of oxazole rings is 1. The number of amides is 1. The molecule has 4 aromatic rings. The highest BCUT2D eigenvalue weighted by atomic mass is 79.9. The van der Waals surface area contributed by atoms with Crippen LogP contribution < -0.4 is 4.74 Å². The lowest BCUT2D eigenvalue weighted by Gasteiger charge is -2.22. The van der Waals surface area contributed by atoms with Crippen LogP contribution in [-0.2, 0) is 0 Å². The van der Waals surface area contributed by atoms with E-state index in [0.29, 0.717) is 18.0 Å². The van der Waals surface area contributed by atoms with Crippen LogP contribution in [0.25, 0.3) is 22.2 Å². The van der Waals surface area contributed by atoms with Crippen LogP contribution in [0.2, 0.25) is 0 Å². The molecule has 5 nitrogen and oxygen atoms in total. The first-order valence-electron chi connectivity index (χ1n) is 10.2. The van der Waals surface area contributed by atoms with Gasteiger partial charge in [-0.2, -0.15) is 0 Å². The number of para-hydroxylation sites is 1. The van der Waals surface area contributed by atoms with E-state index in [1.165, 1.54) is 0 Å². The number of benzene rings is 3. The Bertz CT molecular complexity index is 1270. The quantitative estimate of drug-likeness (QED) is 0.349.